The predicted molar refractivity (Wildman–Crippen MR) is 71.7 cm³/mol. The smallest absolute Gasteiger partial charge is 0.299 e. The van der Waals surface area contributed by atoms with E-state index in [1.165, 1.54) is 37.9 Å². The second kappa shape index (κ2) is 5.40. The first-order valence-corrected chi connectivity index (χ1v) is 6.69. The van der Waals surface area contributed by atoms with Gasteiger partial charge < -0.3 is 0 Å². The lowest BCUT2D eigenvalue weighted by Crippen LogP contribution is -2.29. The average molecular weight is 259 g/mol. The molecule has 0 spiro atoms. The van der Waals surface area contributed by atoms with E-state index in [0.717, 1.165) is 12.1 Å². The van der Waals surface area contributed by atoms with Crippen LogP contribution in [-0.4, -0.2) is 28.1 Å². The van der Waals surface area contributed by atoms with Crippen LogP contribution >= 0.6 is 0 Å². The van der Waals surface area contributed by atoms with Crippen LogP contribution in [-0.2, 0) is 6.54 Å². The quantitative estimate of drug-likeness (QED) is 0.916. The summed E-state index contributed by atoms with van der Waals surface area (Å²) >= 11 is 0. The number of hydrogen-bond acceptors (Lipinski definition) is 4. The third-order valence-corrected chi connectivity index (χ3v) is 3.50. The largest absolute Gasteiger partial charge is 0.439 e. The van der Waals surface area contributed by atoms with E-state index < -0.39 is 5.76 Å². The first-order chi connectivity index (χ1) is 9.31. The number of nitrogens with zero attached hydrogens (tertiary/aromatic N) is 2. The Hall–Kier alpha value is -1.88. The van der Waals surface area contributed by atoms with E-state index in [2.05, 4.69) is 31.7 Å². The van der Waals surface area contributed by atoms with Gasteiger partial charge in [0.15, 0.2) is 5.82 Å². The minimum atomic E-state index is -0.517. The summed E-state index contributed by atoms with van der Waals surface area (Å²) in [5, 5.41) is 3.72. The van der Waals surface area contributed by atoms with Crippen LogP contribution < -0.4 is 5.76 Å². The summed E-state index contributed by atoms with van der Waals surface area (Å²) in [7, 11) is 0. The second-order valence-corrected chi connectivity index (χ2v) is 4.98. The van der Waals surface area contributed by atoms with Gasteiger partial charge in [-0.2, -0.15) is 0 Å². The SMILES string of the molecule is O=c1[nH]c(-c2cccc(CN3CCCCC3)c2)no1. The van der Waals surface area contributed by atoms with Crippen molar-refractivity contribution in [2.24, 2.45) is 0 Å². The van der Waals surface area contributed by atoms with E-state index in [-0.39, 0.29) is 0 Å². The Morgan fingerprint density at radius 1 is 1.26 bits per heavy atom. The Balaban J connectivity index is 1.77. The minimum Gasteiger partial charge on any atom is -0.299 e. The van der Waals surface area contributed by atoms with Crippen molar-refractivity contribution < 1.29 is 4.52 Å². The van der Waals surface area contributed by atoms with E-state index >= 15 is 0 Å². The Bertz CT molecular complexity index is 596. The van der Waals surface area contributed by atoms with Gasteiger partial charge >= 0.3 is 5.76 Å². The number of piperidine rings is 1. The number of benzene rings is 1. The van der Waals surface area contributed by atoms with E-state index in [1.54, 1.807) is 0 Å². The zero-order valence-corrected chi connectivity index (χ0v) is 10.8. The molecule has 0 amide bonds. The van der Waals surface area contributed by atoms with Gasteiger partial charge in [-0.1, -0.05) is 29.8 Å². The summed E-state index contributed by atoms with van der Waals surface area (Å²) in [6.45, 7) is 3.30. The van der Waals surface area contributed by atoms with Crippen molar-refractivity contribution in [2.45, 2.75) is 25.8 Å². The van der Waals surface area contributed by atoms with Gasteiger partial charge in [0.1, 0.15) is 0 Å². The van der Waals surface area contributed by atoms with Gasteiger partial charge in [0, 0.05) is 12.1 Å². The standard InChI is InChI=1S/C14H17N3O2/c18-14-15-13(16-19-14)12-6-4-5-11(9-12)10-17-7-2-1-3-8-17/h4-6,9H,1-3,7-8,10H2,(H,15,16,18). The number of aromatic nitrogens is 2. The molecule has 0 unspecified atom stereocenters. The summed E-state index contributed by atoms with van der Waals surface area (Å²) in [4.78, 5) is 16.0. The van der Waals surface area contributed by atoms with Gasteiger partial charge in [0.25, 0.3) is 0 Å². The molecular weight excluding hydrogens is 242 g/mol. The van der Waals surface area contributed by atoms with Crippen LogP contribution in [0.2, 0.25) is 0 Å². The zero-order chi connectivity index (χ0) is 13.1. The number of H-pyrrole nitrogens is 1. The highest BCUT2D eigenvalue weighted by atomic mass is 16.5. The van der Waals surface area contributed by atoms with Crippen molar-refractivity contribution in [1.29, 1.82) is 0 Å². The summed E-state index contributed by atoms with van der Waals surface area (Å²) in [6, 6.07) is 8.08. The van der Waals surface area contributed by atoms with Crippen molar-refractivity contribution in [3.8, 4) is 11.4 Å². The second-order valence-electron chi connectivity index (χ2n) is 4.98. The molecule has 1 fully saturated rings. The Labute approximate surface area is 111 Å². The number of aromatic amines is 1. The molecule has 1 aliphatic rings. The molecule has 2 aromatic rings. The molecule has 1 aromatic heterocycles. The zero-order valence-electron chi connectivity index (χ0n) is 10.8. The van der Waals surface area contributed by atoms with Gasteiger partial charge in [-0.15, -0.1) is 0 Å². The van der Waals surface area contributed by atoms with Crippen molar-refractivity contribution in [1.82, 2.24) is 15.0 Å². The lowest BCUT2D eigenvalue weighted by molar-refractivity contribution is 0.221. The van der Waals surface area contributed by atoms with Crippen LogP contribution in [0.15, 0.2) is 33.6 Å². The van der Waals surface area contributed by atoms with Crippen LogP contribution in [0.3, 0.4) is 0 Å². The molecule has 0 bridgehead atoms. The summed E-state index contributed by atoms with van der Waals surface area (Å²) < 4.78 is 4.54. The fraction of sp³-hybridized carbons (Fsp3) is 0.429. The molecular formula is C14H17N3O2. The number of hydrogen-bond donors (Lipinski definition) is 1. The fourth-order valence-corrected chi connectivity index (χ4v) is 2.55. The maximum atomic E-state index is 11.0. The molecule has 1 N–H and O–H groups in total. The average Bonchev–Trinajstić information content (AvgIpc) is 2.87. The van der Waals surface area contributed by atoms with E-state index in [4.69, 9.17) is 0 Å². The molecule has 1 aromatic carbocycles. The Morgan fingerprint density at radius 3 is 2.84 bits per heavy atom. The monoisotopic (exact) mass is 259 g/mol. The van der Waals surface area contributed by atoms with Crippen molar-refractivity contribution in [3.63, 3.8) is 0 Å². The van der Waals surface area contributed by atoms with Crippen molar-refractivity contribution >= 4 is 0 Å². The summed E-state index contributed by atoms with van der Waals surface area (Å²) in [6.07, 6.45) is 3.92. The molecule has 5 heteroatoms. The summed E-state index contributed by atoms with van der Waals surface area (Å²) in [5.74, 6) is -0.0260. The molecule has 2 heterocycles. The summed E-state index contributed by atoms with van der Waals surface area (Å²) in [5.41, 5.74) is 2.13. The Morgan fingerprint density at radius 2 is 2.11 bits per heavy atom. The minimum absolute atomic E-state index is 0.491. The number of nitrogens with one attached hydrogen (secondary N) is 1. The molecule has 19 heavy (non-hydrogen) atoms. The Kier molecular flexibility index (Phi) is 3.46. The lowest BCUT2D eigenvalue weighted by Gasteiger charge is -2.26. The van der Waals surface area contributed by atoms with Gasteiger partial charge in [0.2, 0.25) is 0 Å². The van der Waals surface area contributed by atoms with Crippen LogP contribution in [0.1, 0.15) is 24.8 Å². The highest BCUT2D eigenvalue weighted by Crippen LogP contribution is 2.18. The maximum absolute atomic E-state index is 11.0. The first-order valence-electron chi connectivity index (χ1n) is 6.69. The van der Waals surface area contributed by atoms with E-state index in [0.29, 0.717) is 5.82 Å². The van der Waals surface area contributed by atoms with Crippen LogP contribution in [0, 0.1) is 0 Å². The topological polar surface area (TPSA) is 62.1 Å². The fourth-order valence-electron chi connectivity index (χ4n) is 2.55. The van der Waals surface area contributed by atoms with Gasteiger partial charge in [-0.05, 0) is 37.6 Å². The number of rotatable bonds is 3. The first kappa shape index (κ1) is 12.2. The van der Waals surface area contributed by atoms with Crippen molar-refractivity contribution in [2.75, 3.05) is 13.1 Å². The van der Waals surface area contributed by atoms with Gasteiger partial charge in [0.05, 0.1) is 0 Å². The van der Waals surface area contributed by atoms with Crippen molar-refractivity contribution in [3.05, 3.63) is 40.4 Å². The highest BCUT2D eigenvalue weighted by Gasteiger charge is 2.11. The third-order valence-electron chi connectivity index (χ3n) is 3.50. The molecule has 0 saturated carbocycles. The van der Waals surface area contributed by atoms with Crippen LogP contribution in [0.25, 0.3) is 11.4 Å². The molecule has 5 nitrogen and oxygen atoms in total. The predicted octanol–water partition coefficient (Wildman–Crippen LogP) is 2.02. The number of likely N-dealkylation sites (tertiary alicyclic amines) is 1. The van der Waals surface area contributed by atoms with Crippen LogP contribution in [0.5, 0.6) is 0 Å². The molecule has 0 atom stereocenters. The molecule has 1 saturated heterocycles. The molecule has 0 radical (unpaired) electrons. The van der Waals surface area contributed by atoms with Crippen LogP contribution in [0.4, 0.5) is 0 Å². The maximum Gasteiger partial charge on any atom is 0.439 e. The lowest BCUT2D eigenvalue weighted by atomic mass is 10.1. The third kappa shape index (κ3) is 2.93. The molecule has 3 rings (SSSR count). The van der Waals surface area contributed by atoms with Gasteiger partial charge in [-0.25, -0.2) is 4.79 Å². The molecule has 0 aliphatic carbocycles. The normalized spacial score (nSPS) is 16.6. The van der Waals surface area contributed by atoms with Gasteiger partial charge in [-0.3, -0.25) is 14.4 Å². The molecule has 1 aliphatic heterocycles. The van der Waals surface area contributed by atoms with E-state index in [9.17, 15) is 4.79 Å². The van der Waals surface area contributed by atoms with E-state index in [1.807, 2.05) is 12.1 Å². The highest BCUT2D eigenvalue weighted by molar-refractivity contribution is 5.55. The molecule has 100 valence electrons.